The van der Waals surface area contributed by atoms with Gasteiger partial charge in [0.15, 0.2) is 0 Å². The maximum absolute atomic E-state index is 10.4. The molecule has 0 aromatic carbocycles. The van der Waals surface area contributed by atoms with Crippen molar-refractivity contribution in [3.05, 3.63) is 6.42 Å². The summed E-state index contributed by atoms with van der Waals surface area (Å²) in [5, 5.41) is 10.0. The fourth-order valence-electron chi connectivity index (χ4n) is 0.537. The van der Waals surface area contributed by atoms with Crippen LogP contribution in [0.15, 0.2) is 0 Å². The van der Waals surface area contributed by atoms with Gasteiger partial charge in [-0.05, 0) is 6.92 Å². The summed E-state index contributed by atoms with van der Waals surface area (Å²) in [4.78, 5) is 20.4. The molecule has 0 spiro atoms. The monoisotopic (exact) mass is 151 g/mol. The van der Waals surface area contributed by atoms with Crippen LogP contribution in [0.4, 0.5) is 0 Å². The number of carboxylic acid groups (broad SMARTS) is 1. The minimum atomic E-state index is -1.33. The van der Waals surface area contributed by atoms with Crippen molar-refractivity contribution in [3.63, 3.8) is 0 Å². The van der Waals surface area contributed by atoms with Gasteiger partial charge in [-0.25, -0.2) is 0 Å². The van der Waals surface area contributed by atoms with Gasteiger partial charge in [-0.15, -0.1) is 0 Å². The Morgan fingerprint density at radius 3 is 1.90 bits per heavy atom. The van der Waals surface area contributed by atoms with Gasteiger partial charge < -0.3 is 21.1 Å². The van der Waals surface area contributed by atoms with E-state index in [2.05, 4.69) is 0 Å². The first-order valence-electron chi connectivity index (χ1n) is 2.60. The van der Waals surface area contributed by atoms with E-state index in [1.54, 1.807) is 0 Å². The van der Waals surface area contributed by atoms with E-state index in [0.29, 0.717) is 0 Å². The molecule has 0 bridgehead atoms. The van der Waals surface area contributed by atoms with Crippen LogP contribution in [-0.2, 0) is 9.59 Å². The molecule has 0 aliphatic heterocycles. The van der Waals surface area contributed by atoms with Gasteiger partial charge in [-0.1, -0.05) is 5.92 Å². The van der Waals surface area contributed by atoms with Crippen LogP contribution < -0.4 is 34.7 Å². The summed E-state index contributed by atoms with van der Waals surface area (Å²) in [7, 11) is 0. The molecule has 0 radical (unpaired) electrons. The second-order valence-corrected chi connectivity index (χ2v) is 1.74. The molecule has 10 heavy (non-hydrogen) atoms. The van der Waals surface area contributed by atoms with Crippen LogP contribution in [-0.4, -0.2) is 11.8 Å². The molecule has 4 heteroatoms. The summed E-state index contributed by atoms with van der Waals surface area (Å²) in [6, 6.07) is 0. The van der Waals surface area contributed by atoms with Crippen molar-refractivity contribution in [1.82, 2.24) is 0 Å². The number of rotatable bonds is 3. The van der Waals surface area contributed by atoms with Crippen LogP contribution in [0.1, 0.15) is 13.8 Å². The quantitative estimate of drug-likeness (QED) is 0.236. The van der Waals surface area contributed by atoms with Crippen LogP contribution >= 0.6 is 0 Å². The SMILES string of the molecule is C[CH-]C(C(C)=O)C(=O)[O-].[Na+]. The van der Waals surface area contributed by atoms with Gasteiger partial charge in [0.25, 0.3) is 0 Å². The van der Waals surface area contributed by atoms with Crippen LogP contribution in [0.5, 0.6) is 0 Å². The molecule has 0 fully saturated rings. The maximum atomic E-state index is 10.4. The van der Waals surface area contributed by atoms with Gasteiger partial charge in [0.1, 0.15) is 5.78 Å². The zero-order valence-electron chi connectivity index (χ0n) is 6.38. The second kappa shape index (κ2) is 5.89. The minimum absolute atomic E-state index is 0. The number of carbonyl (C=O) groups is 2. The third-order valence-electron chi connectivity index (χ3n) is 1.03. The van der Waals surface area contributed by atoms with Gasteiger partial charge >= 0.3 is 29.6 Å². The number of hydrogen-bond donors (Lipinski definition) is 0. The topological polar surface area (TPSA) is 57.2 Å². The summed E-state index contributed by atoms with van der Waals surface area (Å²) in [5.41, 5.74) is 0. The Kier molecular flexibility index (Phi) is 7.53. The Morgan fingerprint density at radius 2 is 1.90 bits per heavy atom. The molecule has 0 saturated heterocycles. The molecule has 1 atom stereocenters. The molecule has 0 aromatic heterocycles. The predicted octanol–water partition coefficient (Wildman–Crippen LogP) is -3.83. The first-order chi connectivity index (χ1) is 4.09. The van der Waals surface area contributed by atoms with Gasteiger partial charge in [-0.2, -0.15) is 6.92 Å². The zero-order valence-corrected chi connectivity index (χ0v) is 8.38. The van der Waals surface area contributed by atoms with Gasteiger partial charge in [0.05, 0.1) is 0 Å². The summed E-state index contributed by atoms with van der Waals surface area (Å²) in [5.74, 6) is -2.76. The third-order valence-corrected chi connectivity index (χ3v) is 1.03. The number of ketones is 1. The first-order valence-corrected chi connectivity index (χ1v) is 2.60. The van der Waals surface area contributed by atoms with Crippen molar-refractivity contribution in [2.45, 2.75) is 13.8 Å². The fourth-order valence-corrected chi connectivity index (χ4v) is 0.537. The van der Waals surface area contributed by atoms with Crippen molar-refractivity contribution in [2.75, 3.05) is 0 Å². The number of hydrogen-bond acceptors (Lipinski definition) is 3. The second-order valence-electron chi connectivity index (χ2n) is 1.74. The summed E-state index contributed by atoms with van der Waals surface area (Å²) in [6.45, 7) is 2.74. The molecular weight excluding hydrogens is 143 g/mol. The zero-order chi connectivity index (χ0) is 7.44. The molecule has 0 heterocycles. The molecule has 52 valence electrons. The van der Waals surface area contributed by atoms with E-state index in [-0.39, 0.29) is 29.6 Å². The smallest absolute Gasteiger partial charge is 0.552 e. The first kappa shape index (κ1) is 12.8. The average molecular weight is 151 g/mol. The number of carboxylic acids is 1. The van der Waals surface area contributed by atoms with E-state index >= 15 is 0 Å². The number of Topliss-reactive ketones (excluding diaryl/α,β-unsaturated/α-hetero) is 1. The predicted molar refractivity (Wildman–Crippen MR) is 29.2 cm³/mol. The number of aliphatic carboxylic acids is 1. The third kappa shape index (κ3) is 4.04. The van der Waals surface area contributed by atoms with Gasteiger partial charge in [-0.3, -0.25) is 0 Å². The van der Waals surface area contributed by atoms with Crippen molar-refractivity contribution < 1.29 is 44.3 Å². The van der Waals surface area contributed by atoms with E-state index in [4.69, 9.17) is 0 Å². The Morgan fingerprint density at radius 1 is 1.50 bits per heavy atom. The van der Waals surface area contributed by atoms with Gasteiger partial charge in [0.2, 0.25) is 0 Å². The molecule has 1 unspecified atom stereocenters. The molecule has 0 aliphatic carbocycles. The minimum Gasteiger partial charge on any atom is -0.552 e. The Balaban J connectivity index is 0. The largest absolute Gasteiger partial charge is 1.00 e. The van der Waals surface area contributed by atoms with E-state index in [0.717, 1.165) is 0 Å². The van der Waals surface area contributed by atoms with Crippen LogP contribution in [0.3, 0.4) is 0 Å². The fraction of sp³-hybridized carbons (Fsp3) is 0.500. The van der Waals surface area contributed by atoms with E-state index in [1.807, 2.05) is 0 Å². The molecule has 0 aromatic rings. The van der Waals surface area contributed by atoms with Crippen LogP contribution in [0.25, 0.3) is 0 Å². The Labute approximate surface area is 82.1 Å². The number of carbonyl (C=O) groups excluding carboxylic acids is 2. The van der Waals surface area contributed by atoms with Crippen molar-refractivity contribution in [1.29, 1.82) is 0 Å². The summed E-state index contributed by atoms with van der Waals surface area (Å²) in [6.07, 6.45) is 1.30. The summed E-state index contributed by atoms with van der Waals surface area (Å²) >= 11 is 0. The maximum Gasteiger partial charge on any atom is 1.00 e. The van der Waals surface area contributed by atoms with E-state index in [9.17, 15) is 14.7 Å². The molecule has 0 amide bonds. The van der Waals surface area contributed by atoms with E-state index in [1.165, 1.54) is 20.3 Å². The average Bonchev–Trinajstić information content (AvgIpc) is 1.64. The van der Waals surface area contributed by atoms with Crippen LogP contribution in [0, 0.1) is 12.3 Å². The van der Waals surface area contributed by atoms with Gasteiger partial charge in [0, 0.05) is 5.97 Å². The molecule has 3 nitrogen and oxygen atoms in total. The standard InChI is InChI=1S/C6H9O3.Na/c1-3-5(4(2)7)6(8)9;/h3,5H,1-2H3,(H,8,9);/q-1;+1/p-1. The molecule has 0 rings (SSSR count). The molecular formula is C6H8NaO3-. The van der Waals surface area contributed by atoms with Crippen molar-refractivity contribution in [2.24, 2.45) is 5.92 Å². The van der Waals surface area contributed by atoms with E-state index < -0.39 is 17.7 Å². The molecule has 0 N–H and O–H groups in total. The normalized spacial score (nSPS) is 11.4. The Bertz CT molecular complexity index is 119. The summed E-state index contributed by atoms with van der Waals surface area (Å²) < 4.78 is 0. The Hall–Kier alpha value is 0.140. The molecule has 0 aliphatic rings. The van der Waals surface area contributed by atoms with Crippen molar-refractivity contribution >= 4 is 11.8 Å². The van der Waals surface area contributed by atoms with Crippen LogP contribution in [0.2, 0.25) is 0 Å². The van der Waals surface area contributed by atoms with Crippen molar-refractivity contribution in [3.8, 4) is 0 Å². The molecule has 0 saturated carbocycles.